The van der Waals surface area contributed by atoms with Crippen LogP contribution in [0.15, 0.2) is 18.2 Å². The Labute approximate surface area is 117 Å². The summed E-state index contributed by atoms with van der Waals surface area (Å²) >= 11 is 10.2. The summed E-state index contributed by atoms with van der Waals surface area (Å²) in [5.41, 5.74) is 1.42. The standard InChI is InChI=1S/C9H5BrI2S/c10-4-6-7(11)2-1-5-3-8(12)13-9(5)6/h1-3H,4H2. The van der Waals surface area contributed by atoms with Gasteiger partial charge >= 0.3 is 0 Å². The van der Waals surface area contributed by atoms with E-state index in [1.807, 2.05) is 11.3 Å². The number of fused-ring (bicyclic) bond motifs is 1. The summed E-state index contributed by atoms with van der Waals surface area (Å²) in [6.45, 7) is 0. The SMILES string of the molecule is BrCc1c(I)ccc2cc(I)sc12. The molecule has 0 nitrogen and oxygen atoms in total. The molecule has 0 amide bonds. The summed E-state index contributed by atoms with van der Waals surface area (Å²) < 4.78 is 4.13. The summed E-state index contributed by atoms with van der Waals surface area (Å²) in [5, 5.41) is 2.31. The summed E-state index contributed by atoms with van der Waals surface area (Å²) in [6.07, 6.45) is 0. The molecule has 0 N–H and O–H groups in total. The van der Waals surface area contributed by atoms with Crippen LogP contribution in [0.5, 0.6) is 0 Å². The Hall–Kier alpha value is 1.12. The molecular formula is C9H5BrI2S. The zero-order valence-corrected chi connectivity index (χ0v) is 13.2. The Morgan fingerprint density at radius 3 is 2.77 bits per heavy atom. The first-order chi connectivity index (χ1) is 6.22. The predicted molar refractivity (Wildman–Crippen MR) is 79.9 cm³/mol. The molecule has 0 saturated heterocycles. The third-order valence-corrected chi connectivity index (χ3v) is 5.38. The number of hydrogen-bond donors (Lipinski definition) is 0. The Morgan fingerprint density at radius 1 is 1.31 bits per heavy atom. The van der Waals surface area contributed by atoms with E-state index in [-0.39, 0.29) is 0 Å². The van der Waals surface area contributed by atoms with E-state index in [9.17, 15) is 0 Å². The summed E-state index contributed by atoms with van der Waals surface area (Å²) in [6, 6.07) is 6.62. The molecule has 13 heavy (non-hydrogen) atoms. The fourth-order valence-electron chi connectivity index (χ4n) is 1.23. The van der Waals surface area contributed by atoms with Crippen molar-refractivity contribution in [3.8, 4) is 0 Å². The fourth-order valence-corrected chi connectivity index (χ4v) is 5.27. The average molecular weight is 479 g/mol. The van der Waals surface area contributed by atoms with Gasteiger partial charge in [0, 0.05) is 13.6 Å². The van der Waals surface area contributed by atoms with Crippen LogP contribution in [0.2, 0.25) is 0 Å². The van der Waals surface area contributed by atoms with Crippen molar-refractivity contribution < 1.29 is 0 Å². The molecule has 0 saturated carbocycles. The van der Waals surface area contributed by atoms with E-state index in [1.54, 1.807) is 0 Å². The maximum Gasteiger partial charge on any atom is 0.0666 e. The molecule has 4 heteroatoms. The van der Waals surface area contributed by atoms with Gasteiger partial charge in [0.1, 0.15) is 0 Å². The molecule has 68 valence electrons. The molecule has 0 bridgehead atoms. The topological polar surface area (TPSA) is 0 Å². The first-order valence-corrected chi connectivity index (χ1v) is 7.74. The molecule has 1 aromatic carbocycles. The third kappa shape index (κ3) is 2.05. The zero-order valence-electron chi connectivity index (χ0n) is 6.48. The van der Waals surface area contributed by atoms with E-state index in [0.29, 0.717) is 0 Å². The quantitative estimate of drug-likeness (QED) is 0.399. The lowest BCUT2D eigenvalue weighted by Gasteiger charge is -2.00. The molecule has 0 atom stereocenters. The molecule has 0 radical (unpaired) electrons. The number of alkyl halides is 1. The Balaban J connectivity index is 2.82. The normalized spacial score (nSPS) is 11.0. The van der Waals surface area contributed by atoms with E-state index in [4.69, 9.17) is 0 Å². The van der Waals surface area contributed by atoms with Gasteiger partial charge in [-0.15, -0.1) is 11.3 Å². The molecule has 0 unspecified atom stereocenters. The number of rotatable bonds is 1. The van der Waals surface area contributed by atoms with Crippen LogP contribution in [-0.2, 0) is 5.33 Å². The largest absolute Gasteiger partial charge is 0.129 e. The minimum absolute atomic E-state index is 0.944. The van der Waals surface area contributed by atoms with Crippen molar-refractivity contribution in [3.05, 3.63) is 30.2 Å². The molecule has 2 rings (SSSR count). The number of benzene rings is 1. The lowest BCUT2D eigenvalue weighted by molar-refractivity contribution is 1.47. The Morgan fingerprint density at radius 2 is 2.08 bits per heavy atom. The lowest BCUT2D eigenvalue weighted by Crippen LogP contribution is -1.82. The fraction of sp³-hybridized carbons (Fsp3) is 0.111. The van der Waals surface area contributed by atoms with Gasteiger partial charge in [0.2, 0.25) is 0 Å². The van der Waals surface area contributed by atoms with E-state index >= 15 is 0 Å². The maximum absolute atomic E-state index is 3.54. The Bertz CT molecular complexity index is 450. The van der Waals surface area contributed by atoms with Crippen LogP contribution in [0, 0.1) is 6.45 Å². The minimum atomic E-state index is 0.944. The van der Waals surface area contributed by atoms with Crippen molar-refractivity contribution in [1.29, 1.82) is 0 Å². The van der Waals surface area contributed by atoms with E-state index in [1.165, 1.54) is 22.1 Å². The van der Waals surface area contributed by atoms with Gasteiger partial charge in [0.05, 0.1) is 2.88 Å². The van der Waals surface area contributed by atoms with Crippen LogP contribution in [-0.4, -0.2) is 0 Å². The van der Waals surface area contributed by atoms with Crippen molar-refractivity contribution in [3.63, 3.8) is 0 Å². The first kappa shape index (κ1) is 10.6. The maximum atomic E-state index is 3.54. The van der Waals surface area contributed by atoms with E-state index in [0.717, 1.165) is 5.33 Å². The summed E-state index contributed by atoms with van der Waals surface area (Å²) in [5.74, 6) is 0. The zero-order chi connectivity index (χ0) is 9.42. The van der Waals surface area contributed by atoms with Crippen molar-refractivity contribution in [2.24, 2.45) is 0 Å². The number of halogens is 3. The molecule has 1 heterocycles. The lowest BCUT2D eigenvalue weighted by atomic mass is 10.2. The van der Waals surface area contributed by atoms with Crippen LogP contribution < -0.4 is 0 Å². The second-order valence-corrected chi connectivity index (χ2v) is 7.30. The van der Waals surface area contributed by atoms with Crippen molar-refractivity contribution in [2.45, 2.75) is 5.33 Å². The van der Waals surface area contributed by atoms with Crippen molar-refractivity contribution >= 4 is 82.5 Å². The van der Waals surface area contributed by atoms with Gasteiger partial charge in [-0.05, 0) is 68.3 Å². The van der Waals surface area contributed by atoms with Crippen LogP contribution in [0.4, 0.5) is 0 Å². The van der Waals surface area contributed by atoms with Crippen LogP contribution >= 0.6 is 72.4 Å². The van der Waals surface area contributed by atoms with Crippen molar-refractivity contribution in [1.82, 2.24) is 0 Å². The van der Waals surface area contributed by atoms with Crippen LogP contribution in [0.3, 0.4) is 0 Å². The van der Waals surface area contributed by atoms with Gasteiger partial charge < -0.3 is 0 Å². The van der Waals surface area contributed by atoms with E-state index < -0.39 is 0 Å². The smallest absolute Gasteiger partial charge is 0.0666 e. The van der Waals surface area contributed by atoms with Crippen LogP contribution in [0.25, 0.3) is 10.1 Å². The van der Waals surface area contributed by atoms with E-state index in [2.05, 4.69) is 79.3 Å². The highest BCUT2D eigenvalue weighted by Gasteiger charge is 2.07. The molecule has 0 aliphatic carbocycles. The Kier molecular flexibility index (Phi) is 3.53. The summed E-state index contributed by atoms with van der Waals surface area (Å²) in [4.78, 5) is 0. The molecule has 0 aliphatic heterocycles. The van der Waals surface area contributed by atoms with Crippen molar-refractivity contribution in [2.75, 3.05) is 0 Å². The second-order valence-electron chi connectivity index (χ2n) is 2.63. The predicted octanol–water partition coefficient (Wildman–Crippen LogP) is 5.01. The average Bonchev–Trinajstić information content (AvgIpc) is 2.45. The molecule has 1 aromatic heterocycles. The van der Waals surface area contributed by atoms with Gasteiger partial charge in [-0.3, -0.25) is 0 Å². The molecule has 0 spiro atoms. The van der Waals surface area contributed by atoms with Gasteiger partial charge in [-0.25, -0.2) is 0 Å². The molecule has 2 aromatic rings. The van der Waals surface area contributed by atoms with Crippen LogP contribution in [0.1, 0.15) is 5.56 Å². The second kappa shape index (κ2) is 4.32. The molecule has 0 aliphatic rings. The molecular weight excluding hydrogens is 474 g/mol. The van der Waals surface area contributed by atoms with Gasteiger partial charge in [0.25, 0.3) is 0 Å². The highest BCUT2D eigenvalue weighted by molar-refractivity contribution is 14.1. The van der Waals surface area contributed by atoms with Gasteiger partial charge in [-0.2, -0.15) is 0 Å². The molecule has 0 fully saturated rings. The minimum Gasteiger partial charge on any atom is -0.129 e. The number of hydrogen-bond acceptors (Lipinski definition) is 1. The van der Waals surface area contributed by atoms with Gasteiger partial charge in [0.15, 0.2) is 0 Å². The highest BCUT2D eigenvalue weighted by atomic mass is 127. The highest BCUT2D eigenvalue weighted by Crippen LogP contribution is 2.33. The number of thiophene rings is 1. The summed E-state index contributed by atoms with van der Waals surface area (Å²) in [7, 11) is 0. The third-order valence-electron chi connectivity index (χ3n) is 1.84. The van der Waals surface area contributed by atoms with Gasteiger partial charge in [-0.1, -0.05) is 22.0 Å². The first-order valence-electron chi connectivity index (χ1n) is 3.65. The monoisotopic (exact) mass is 478 g/mol.